The van der Waals surface area contributed by atoms with E-state index in [1.54, 1.807) is 6.92 Å². The van der Waals surface area contributed by atoms with Gasteiger partial charge in [0, 0.05) is 0 Å². The number of nitrogens with two attached hydrogens (primary N) is 1. The Bertz CT molecular complexity index is 927. The average Bonchev–Trinajstić information content (AvgIpc) is 2.56. The number of nitrogen functional groups attached to an aromatic ring is 1. The number of esters is 1. The average molecular weight is 388 g/mol. The summed E-state index contributed by atoms with van der Waals surface area (Å²) in [5, 5.41) is 0. The van der Waals surface area contributed by atoms with Crippen molar-refractivity contribution in [1.82, 2.24) is 0 Å². The molecule has 0 saturated carbocycles. The Kier molecular flexibility index (Phi) is 5.45. The van der Waals surface area contributed by atoms with Crippen LogP contribution in [0.2, 0.25) is 0 Å². The van der Waals surface area contributed by atoms with E-state index in [9.17, 15) is 26.4 Å². The summed E-state index contributed by atoms with van der Waals surface area (Å²) >= 11 is 0. The van der Waals surface area contributed by atoms with Crippen molar-refractivity contribution < 1.29 is 31.1 Å². The minimum Gasteiger partial charge on any atom is -0.462 e. The number of nitrogens with one attached hydrogen (secondary N) is 1. The molecule has 0 spiro atoms. The second kappa shape index (κ2) is 7.24. The van der Waals surface area contributed by atoms with Crippen molar-refractivity contribution in [2.45, 2.75) is 18.0 Å². The zero-order chi connectivity index (χ0) is 19.5. The first-order valence-electron chi connectivity index (χ1n) is 7.31. The number of carbonyl (C=O) groups excluding carboxylic acids is 1. The van der Waals surface area contributed by atoms with Crippen molar-refractivity contribution in [1.29, 1.82) is 0 Å². The molecule has 0 aliphatic carbocycles. The molecular weight excluding hydrogens is 373 g/mol. The molecule has 0 amide bonds. The normalized spacial score (nSPS) is 11.8. The summed E-state index contributed by atoms with van der Waals surface area (Å²) in [5.74, 6) is -0.633. The Labute approximate surface area is 147 Å². The highest BCUT2D eigenvalue weighted by Gasteiger charge is 2.31. The second-order valence-corrected chi connectivity index (χ2v) is 6.84. The predicted molar refractivity (Wildman–Crippen MR) is 89.1 cm³/mol. The van der Waals surface area contributed by atoms with Crippen molar-refractivity contribution >= 4 is 27.4 Å². The molecule has 0 heterocycles. The highest BCUT2D eigenvalue weighted by Crippen LogP contribution is 2.31. The van der Waals surface area contributed by atoms with Crippen LogP contribution in [0.25, 0.3) is 0 Å². The summed E-state index contributed by atoms with van der Waals surface area (Å²) in [7, 11) is -4.31. The van der Waals surface area contributed by atoms with E-state index in [0.29, 0.717) is 6.07 Å². The number of alkyl halides is 3. The first-order chi connectivity index (χ1) is 12.0. The molecule has 0 atom stereocenters. The highest BCUT2D eigenvalue weighted by molar-refractivity contribution is 7.92. The van der Waals surface area contributed by atoms with E-state index in [-0.39, 0.29) is 23.5 Å². The number of carbonyl (C=O) groups is 1. The minimum absolute atomic E-state index is 0.0736. The highest BCUT2D eigenvalue weighted by atomic mass is 32.2. The fourth-order valence-electron chi connectivity index (χ4n) is 2.04. The maximum Gasteiger partial charge on any atom is 0.416 e. The van der Waals surface area contributed by atoms with Crippen LogP contribution in [-0.4, -0.2) is 21.0 Å². The molecule has 0 aliphatic rings. The Balaban J connectivity index is 2.31. The molecule has 6 nitrogen and oxygen atoms in total. The number of halogens is 3. The van der Waals surface area contributed by atoms with Gasteiger partial charge in [0.2, 0.25) is 0 Å². The Morgan fingerprint density at radius 1 is 1.19 bits per heavy atom. The number of rotatable bonds is 5. The maximum atomic E-state index is 12.8. The number of benzene rings is 2. The molecular formula is C16H15F3N2O4S. The van der Waals surface area contributed by atoms with Gasteiger partial charge in [0.05, 0.1) is 34.0 Å². The molecule has 0 aromatic heterocycles. The van der Waals surface area contributed by atoms with Gasteiger partial charge in [-0.25, -0.2) is 13.2 Å². The van der Waals surface area contributed by atoms with Crippen LogP contribution in [0.3, 0.4) is 0 Å². The third kappa shape index (κ3) is 4.45. The van der Waals surface area contributed by atoms with Crippen LogP contribution in [-0.2, 0) is 20.9 Å². The summed E-state index contributed by atoms with van der Waals surface area (Å²) in [6.45, 7) is 1.78. The van der Waals surface area contributed by atoms with Gasteiger partial charge >= 0.3 is 12.1 Å². The molecule has 140 valence electrons. The number of hydrogen-bond donors (Lipinski definition) is 2. The van der Waals surface area contributed by atoms with Gasteiger partial charge in [0.25, 0.3) is 10.0 Å². The van der Waals surface area contributed by atoms with Crippen molar-refractivity contribution in [3.63, 3.8) is 0 Å². The lowest BCUT2D eigenvalue weighted by Gasteiger charge is -2.13. The van der Waals surface area contributed by atoms with E-state index in [0.717, 1.165) is 18.2 Å². The quantitative estimate of drug-likeness (QED) is 0.605. The Hall–Kier alpha value is -2.75. The van der Waals surface area contributed by atoms with Crippen LogP contribution in [0.1, 0.15) is 22.8 Å². The number of sulfonamides is 1. The third-order valence-corrected chi connectivity index (χ3v) is 4.64. The van der Waals surface area contributed by atoms with Crippen LogP contribution < -0.4 is 10.5 Å². The number of hydrogen-bond acceptors (Lipinski definition) is 5. The van der Waals surface area contributed by atoms with Crippen molar-refractivity contribution in [3.8, 4) is 0 Å². The fourth-order valence-corrected chi connectivity index (χ4v) is 3.17. The summed E-state index contributed by atoms with van der Waals surface area (Å²) in [6, 6.07) is 7.03. The molecule has 0 aliphatic heterocycles. The van der Waals surface area contributed by atoms with Crippen molar-refractivity contribution in [2.75, 3.05) is 17.1 Å². The molecule has 2 aromatic carbocycles. The topological polar surface area (TPSA) is 98.5 Å². The van der Waals surface area contributed by atoms with Crippen molar-refractivity contribution in [2.24, 2.45) is 0 Å². The van der Waals surface area contributed by atoms with Gasteiger partial charge in [0.15, 0.2) is 0 Å². The van der Waals surface area contributed by atoms with Crippen molar-refractivity contribution in [3.05, 3.63) is 53.6 Å². The first-order valence-corrected chi connectivity index (χ1v) is 8.79. The molecule has 0 bridgehead atoms. The molecule has 0 saturated heterocycles. The fraction of sp³-hybridized carbons (Fsp3) is 0.188. The van der Waals surface area contributed by atoms with E-state index in [4.69, 9.17) is 10.5 Å². The number of anilines is 2. The van der Waals surface area contributed by atoms with Gasteiger partial charge in [-0.05, 0) is 43.3 Å². The lowest BCUT2D eigenvalue weighted by Crippen LogP contribution is -2.16. The lowest BCUT2D eigenvalue weighted by atomic mass is 10.2. The minimum atomic E-state index is -4.67. The summed E-state index contributed by atoms with van der Waals surface area (Å²) in [4.78, 5) is 11.1. The van der Waals surface area contributed by atoms with Gasteiger partial charge in [-0.3, -0.25) is 4.72 Å². The lowest BCUT2D eigenvalue weighted by molar-refractivity contribution is -0.137. The summed E-state index contributed by atoms with van der Waals surface area (Å²) < 4.78 is 69.8. The summed E-state index contributed by atoms with van der Waals surface area (Å²) in [6.07, 6.45) is -4.67. The van der Waals surface area contributed by atoms with Gasteiger partial charge < -0.3 is 10.5 Å². The van der Waals surface area contributed by atoms with Gasteiger partial charge in [-0.15, -0.1) is 0 Å². The van der Waals surface area contributed by atoms with E-state index in [1.807, 2.05) is 0 Å². The zero-order valence-corrected chi connectivity index (χ0v) is 14.3. The van der Waals surface area contributed by atoms with E-state index in [1.165, 1.54) is 18.2 Å². The molecule has 26 heavy (non-hydrogen) atoms. The molecule has 2 rings (SSSR count). The van der Waals surface area contributed by atoms with E-state index < -0.39 is 32.6 Å². The number of ether oxygens (including phenoxy) is 1. The van der Waals surface area contributed by atoms with Gasteiger partial charge in [-0.1, -0.05) is 6.07 Å². The predicted octanol–water partition coefficient (Wildman–Crippen LogP) is 3.27. The smallest absolute Gasteiger partial charge is 0.416 e. The molecule has 0 unspecified atom stereocenters. The van der Waals surface area contributed by atoms with Crippen LogP contribution in [0, 0.1) is 0 Å². The second-order valence-electron chi connectivity index (χ2n) is 5.15. The molecule has 0 radical (unpaired) electrons. The van der Waals surface area contributed by atoms with Crippen LogP contribution in [0.15, 0.2) is 47.4 Å². The molecule has 10 heteroatoms. The standard InChI is InChI=1S/C16H15F3N2O4S/c1-2-25-15(22)10-6-7-14(13(20)8-10)21-26(23,24)12-5-3-4-11(9-12)16(17,18)19/h3-9,21H,2,20H2,1H3. The van der Waals surface area contributed by atoms with Crippen LogP contribution in [0.5, 0.6) is 0 Å². The molecule has 3 N–H and O–H groups in total. The summed E-state index contributed by atoms with van der Waals surface area (Å²) in [5.41, 5.74) is 4.60. The zero-order valence-electron chi connectivity index (χ0n) is 13.5. The first kappa shape index (κ1) is 19.6. The molecule has 0 fully saturated rings. The monoisotopic (exact) mass is 388 g/mol. The van der Waals surface area contributed by atoms with Gasteiger partial charge in [0.1, 0.15) is 0 Å². The molecule has 2 aromatic rings. The maximum absolute atomic E-state index is 12.8. The van der Waals surface area contributed by atoms with Crippen LogP contribution in [0.4, 0.5) is 24.5 Å². The third-order valence-electron chi connectivity index (χ3n) is 3.28. The van der Waals surface area contributed by atoms with Gasteiger partial charge in [-0.2, -0.15) is 13.2 Å². The van der Waals surface area contributed by atoms with Crippen LogP contribution >= 0.6 is 0 Å². The Morgan fingerprint density at radius 2 is 1.88 bits per heavy atom. The van der Waals surface area contributed by atoms with E-state index in [2.05, 4.69) is 4.72 Å². The SMILES string of the molecule is CCOC(=O)c1ccc(NS(=O)(=O)c2cccc(C(F)(F)F)c2)c(N)c1. The Morgan fingerprint density at radius 3 is 2.46 bits per heavy atom. The van der Waals surface area contributed by atoms with E-state index >= 15 is 0 Å². The largest absolute Gasteiger partial charge is 0.462 e.